The fourth-order valence-corrected chi connectivity index (χ4v) is 3.52. The molecule has 0 fully saturated rings. The number of nitrogens with one attached hydrogen (secondary N) is 3. The molecule has 1 aliphatic heterocycles. The van der Waals surface area contributed by atoms with Gasteiger partial charge in [0.15, 0.2) is 11.7 Å². The Labute approximate surface area is 164 Å². The van der Waals surface area contributed by atoms with Gasteiger partial charge in [0.2, 0.25) is 0 Å². The second-order valence-electron chi connectivity index (χ2n) is 6.12. The van der Waals surface area contributed by atoms with E-state index in [0.717, 1.165) is 15.8 Å². The van der Waals surface area contributed by atoms with Crippen molar-refractivity contribution in [1.29, 1.82) is 0 Å². The van der Waals surface area contributed by atoms with E-state index in [1.807, 2.05) is 30.3 Å². The molecule has 0 aliphatic carbocycles. The molecule has 8 nitrogen and oxygen atoms in total. The fourth-order valence-electron chi connectivity index (χ4n) is 2.66. The van der Waals surface area contributed by atoms with Crippen LogP contribution in [0.4, 0.5) is 10.8 Å². The van der Waals surface area contributed by atoms with E-state index in [-0.39, 0.29) is 25.0 Å². The number of benzene rings is 2. The van der Waals surface area contributed by atoms with E-state index in [0.29, 0.717) is 22.3 Å². The van der Waals surface area contributed by atoms with Gasteiger partial charge in [0.05, 0.1) is 28.2 Å². The Morgan fingerprint density at radius 2 is 2.18 bits per heavy atom. The molecule has 2 aromatic carbocycles. The largest absolute Gasteiger partial charge is 0.482 e. The van der Waals surface area contributed by atoms with E-state index < -0.39 is 0 Å². The third-order valence-electron chi connectivity index (χ3n) is 4.07. The van der Waals surface area contributed by atoms with Gasteiger partial charge in [-0.3, -0.25) is 9.59 Å². The van der Waals surface area contributed by atoms with Gasteiger partial charge in [-0.15, -0.1) is 0 Å². The first-order chi connectivity index (χ1) is 13.6. The molecule has 28 heavy (non-hydrogen) atoms. The van der Waals surface area contributed by atoms with Gasteiger partial charge in [0, 0.05) is 0 Å². The van der Waals surface area contributed by atoms with E-state index in [9.17, 15) is 9.59 Å². The summed E-state index contributed by atoms with van der Waals surface area (Å²) in [6.45, 7) is 1.84. The van der Waals surface area contributed by atoms with Gasteiger partial charge in [-0.25, -0.2) is 10.4 Å². The Morgan fingerprint density at radius 1 is 1.32 bits per heavy atom. The number of carbonyl (C=O) groups excluding carboxylic acids is 2. The van der Waals surface area contributed by atoms with Crippen LogP contribution < -0.4 is 20.8 Å². The number of hydrogen-bond donors (Lipinski definition) is 3. The van der Waals surface area contributed by atoms with Crippen molar-refractivity contribution in [3.8, 4) is 5.75 Å². The standard InChI is InChI=1S/C19H17N5O3S/c1-11(12-6-7-15-14(8-12)21-18(26)10-27-15)23-24-17(25)9-20-19-22-13-4-2-3-5-16(13)28-19/h2-8H,9-10H2,1H3,(H,20,22)(H,21,26)(H,24,25)/b23-11-. The first kappa shape index (κ1) is 17.9. The molecule has 0 spiro atoms. The Kier molecular flexibility index (Phi) is 4.90. The van der Waals surface area contributed by atoms with E-state index >= 15 is 0 Å². The van der Waals surface area contributed by atoms with Crippen molar-refractivity contribution in [3.63, 3.8) is 0 Å². The number of nitrogens with zero attached hydrogens (tertiary/aromatic N) is 2. The van der Waals surface area contributed by atoms with Gasteiger partial charge in [-0.2, -0.15) is 5.10 Å². The minimum absolute atomic E-state index is 0.0110. The monoisotopic (exact) mass is 395 g/mol. The molecular formula is C19H17N5O3S. The number of fused-ring (bicyclic) bond motifs is 2. The summed E-state index contributed by atoms with van der Waals surface area (Å²) in [6.07, 6.45) is 0. The van der Waals surface area contributed by atoms with Crippen LogP contribution in [0.2, 0.25) is 0 Å². The van der Waals surface area contributed by atoms with Crippen LogP contribution in [0.1, 0.15) is 12.5 Å². The number of aromatic nitrogens is 1. The summed E-state index contributed by atoms with van der Waals surface area (Å²) in [6, 6.07) is 13.1. The molecule has 0 atom stereocenters. The molecule has 0 saturated heterocycles. The van der Waals surface area contributed by atoms with Crippen molar-refractivity contribution in [3.05, 3.63) is 48.0 Å². The maximum absolute atomic E-state index is 12.1. The molecule has 0 radical (unpaired) electrons. The molecule has 0 saturated carbocycles. The lowest BCUT2D eigenvalue weighted by atomic mass is 10.1. The van der Waals surface area contributed by atoms with Crippen LogP contribution >= 0.6 is 11.3 Å². The molecule has 142 valence electrons. The maximum Gasteiger partial charge on any atom is 0.262 e. The third kappa shape index (κ3) is 3.94. The maximum atomic E-state index is 12.1. The highest BCUT2D eigenvalue weighted by atomic mass is 32.1. The SMILES string of the molecule is C/C(=N/NC(=O)CNc1nc2ccccc2s1)c1ccc2c(c1)NC(=O)CO2. The van der Waals surface area contributed by atoms with Gasteiger partial charge in [-0.05, 0) is 42.8 Å². The van der Waals surface area contributed by atoms with Crippen molar-refractivity contribution in [2.45, 2.75) is 6.92 Å². The average Bonchev–Trinajstić information content (AvgIpc) is 3.13. The Hall–Kier alpha value is -3.46. The number of hydrogen-bond acceptors (Lipinski definition) is 7. The summed E-state index contributed by atoms with van der Waals surface area (Å²) >= 11 is 1.49. The molecule has 2 heterocycles. The van der Waals surface area contributed by atoms with Gasteiger partial charge >= 0.3 is 0 Å². The molecule has 2 amide bonds. The number of amides is 2. The van der Waals surface area contributed by atoms with Gasteiger partial charge in [0.1, 0.15) is 5.75 Å². The topological polar surface area (TPSA) is 105 Å². The third-order valence-corrected chi connectivity index (χ3v) is 5.07. The number of hydrazone groups is 1. The predicted octanol–water partition coefficient (Wildman–Crippen LogP) is 2.58. The minimum Gasteiger partial charge on any atom is -0.482 e. The highest BCUT2D eigenvalue weighted by molar-refractivity contribution is 7.22. The summed E-state index contributed by atoms with van der Waals surface area (Å²) in [5.74, 6) is 0.127. The van der Waals surface area contributed by atoms with Crippen LogP contribution in [0.5, 0.6) is 5.75 Å². The Morgan fingerprint density at radius 3 is 3.04 bits per heavy atom. The number of rotatable bonds is 5. The highest BCUT2D eigenvalue weighted by Gasteiger charge is 2.16. The highest BCUT2D eigenvalue weighted by Crippen LogP contribution is 2.28. The summed E-state index contributed by atoms with van der Waals surface area (Å²) in [4.78, 5) is 27.9. The van der Waals surface area contributed by atoms with Gasteiger partial charge in [0.25, 0.3) is 11.8 Å². The van der Waals surface area contributed by atoms with Crippen molar-refractivity contribution in [2.75, 3.05) is 23.8 Å². The van der Waals surface area contributed by atoms with Crippen molar-refractivity contribution >= 4 is 49.9 Å². The van der Waals surface area contributed by atoms with E-state index in [1.54, 1.807) is 19.1 Å². The number of ether oxygens (including phenoxy) is 1. The van der Waals surface area contributed by atoms with Crippen LogP contribution in [0.3, 0.4) is 0 Å². The fraction of sp³-hybridized carbons (Fsp3) is 0.158. The lowest BCUT2D eigenvalue weighted by Gasteiger charge is -2.18. The molecule has 3 aromatic rings. The summed E-state index contributed by atoms with van der Waals surface area (Å²) in [5.41, 5.74) is 5.38. The van der Waals surface area contributed by atoms with Gasteiger partial charge < -0.3 is 15.4 Å². The Bertz CT molecular complexity index is 1060. The molecule has 0 bridgehead atoms. The first-order valence-corrected chi connectivity index (χ1v) is 9.40. The smallest absolute Gasteiger partial charge is 0.262 e. The zero-order valence-corrected chi connectivity index (χ0v) is 15.8. The second kappa shape index (κ2) is 7.65. The zero-order chi connectivity index (χ0) is 19.5. The summed E-state index contributed by atoms with van der Waals surface area (Å²) in [5, 5.41) is 10.6. The Balaban J connectivity index is 1.36. The van der Waals surface area contributed by atoms with Crippen LogP contribution in [0.25, 0.3) is 10.2 Å². The number of carbonyl (C=O) groups is 2. The number of thiazole rings is 1. The first-order valence-electron chi connectivity index (χ1n) is 8.58. The van der Waals surface area contributed by atoms with Crippen molar-refractivity contribution in [2.24, 2.45) is 5.10 Å². The lowest BCUT2D eigenvalue weighted by Crippen LogP contribution is -2.27. The lowest BCUT2D eigenvalue weighted by molar-refractivity contribution is -0.119. The summed E-state index contributed by atoms with van der Waals surface area (Å²) in [7, 11) is 0. The van der Waals surface area contributed by atoms with E-state index in [4.69, 9.17) is 4.74 Å². The van der Waals surface area contributed by atoms with Gasteiger partial charge in [-0.1, -0.05) is 23.5 Å². The molecule has 3 N–H and O–H groups in total. The molecule has 1 aliphatic rings. The average molecular weight is 395 g/mol. The molecule has 4 rings (SSSR count). The second-order valence-corrected chi connectivity index (χ2v) is 7.15. The number of anilines is 2. The van der Waals surface area contributed by atoms with E-state index in [1.165, 1.54) is 11.3 Å². The van der Waals surface area contributed by atoms with Crippen LogP contribution in [0, 0.1) is 0 Å². The van der Waals surface area contributed by atoms with Crippen LogP contribution in [-0.4, -0.2) is 35.7 Å². The zero-order valence-electron chi connectivity index (χ0n) is 15.0. The summed E-state index contributed by atoms with van der Waals surface area (Å²) < 4.78 is 6.39. The molecular weight excluding hydrogens is 378 g/mol. The number of para-hydroxylation sites is 1. The van der Waals surface area contributed by atoms with Crippen LogP contribution in [-0.2, 0) is 9.59 Å². The molecule has 0 unspecified atom stereocenters. The predicted molar refractivity (Wildman–Crippen MR) is 109 cm³/mol. The van der Waals surface area contributed by atoms with Crippen molar-refractivity contribution in [1.82, 2.24) is 10.4 Å². The minimum atomic E-state index is -0.284. The molecule has 9 heteroatoms. The quantitative estimate of drug-likeness (QED) is 0.455. The van der Waals surface area contributed by atoms with E-state index in [2.05, 4.69) is 26.1 Å². The molecule has 1 aromatic heterocycles. The van der Waals surface area contributed by atoms with Crippen molar-refractivity contribution < 1.29 is 14.3 Å². The van der Waals surface area contributed by atoms with Crippen LogP contribution in [0.15, 0.2) is 47.6 Å². The normalized spacial score (nSPS) is 13.5.